The van der Waals surface area contributed by atoms with E-state index in [1.807, 2.05) is 0 Å². The molecule has 2 saturated heterocycles. The summed E-state index contributed by atoms with van der Waals surface area (Å²) in [6.07, 6.45) is -0.262. The average molecular weight is 472 g/mol. The van der Waals surface area contributed by atoms with Crippen molar-refractivity contribution < 1.29 is 34.0 Å². The number of fused-ring (bicyclic) bond motifs is 4. The summed E-state index contributed by atoms with van der Waals surface area (Å²) in [4.78, 5) is 52.6. The zero-order valence-electron chi connectivity index (χ0n) is 17.2. The van der Waals surface area contributed by atoms with Gasteiger partial charge in [0.15, 0.2) is 0 Å². The summed E-state index contributed by atoms with van der Waals surface area (Å²) >= 11 is 6.28. The van der Waals surface area contributed by atoms with Crippen molar-refractivity contribution in [2.75, 3.05) is 5.32 Å². The number of carbonyl (C=O) groups is 4. The Hall–Kier alpha value is -3.30. The number of nitrogens with zero attached hydrogens (tertiary/aromatic N) is 1. The lowest BCUT2D eigenvalue weighted by Crippen LogP contribution is -2.99. The number of aliphatic carboxylic acids is 1. The van der Waals surface area contributed by atoms with E-state index in [1.165, 1.54) is 24.3 Å². The summed E-state index contributed by atoms with van der Waals surface area (Å²) in [6.45, 7) is -0.0712. The molecule has 3 N–H and O–H groups in total. The second kappa shape index (κ2) is 7.64. The van der Waals surface area contributed by atoms with Gasteiger partial charge in [-0.3, -0.25) is 19.3 Å². The van der Waals surface area contributed by atoms with Crippen molar-refractivity contribution in [1.82, 2.24) is 4.90 Å². The number of anilines is 1. The molecule has 3 amide bonds. The summed E-state index contributed by atoms with van der Waals surface area (Å²) in [7, 11) is 0. The molecule has 2 aromatic rings. The van der Waals surface area contributed by atoms with Crippen LogP contribution in [0.15, 0.2) is 42.5 Å². The molecular formula is C23H19ClFN3O5. The minimum absolute atomic E-state index is 0.0534. The van der Waals surface area contributed by atoms with Crippen LogP contribution in [0.1, 0.15) is 24.0 Å². The van der Waals surface area contributed by atoms with Crippen LogP contribution in [0.4, 0.5) is 10.1 Å². The third-order valence-electron chi connectivity index (χ3n) is 6.88. The fourth-order valence-corrected chi connectivity index (χ4v) is 5.71. The highest BCUT2D eigenvalue weighted by molar-refractivity contribution is 6.35. The summed E-state index contributed by atoms with van der Waals surface area (Å²) in [5, 5.41) is 15.8. The summed E-state index contributed by atoms with van der Waals surface area (Å²) in [5.74, 6) is -5.12. The van der Waals surface area contributed by atoms with E-state index >= 15 is 0 Å². The number of imide groups is 1. The largest absolute Gasteiger partial charge is 0.550 e. The molecule has 4 atom stereocenters. The van der Waals surface area contributed by atoms with Crippen LogP contribution in [0.2, 0.25) is 5.02 Å². The number of carboxylic acids is 1. The number of nitrogens with two attached hydrogens (primary N) is 1. The Bertz CT molecular complexity index is 1200. The number of nitrogens with one attached hydrogen (secondary N) is 1. The number of likely N-dealkylation sites (tertiary alicyclic amines) is 1. The van der Waals surface area contributed by atoms with Crippen LogP contribution < -0.4 is 15.7 Å². The number of halogens is 2. The van der Waals surface area contributed by atoms with Gasteiger partial charge in [-0.15, -0.1) is 0 Å². The van der Waals surface area contributed by atoms with Gasteiger partial charge in [0.1, 0.15) is 23.7 Å². The quantitative estimate of drug-likeness (QED) is 0.590. The van der Waals surface area contributed by atoms with Gasteiger partial charge in [-0.2, -0.15) is 0 Å². The van der Waals surface area contributed by atoms with E-state index < -0.39 is 52.9 Å². The fraction of sp³-hybridized carbons (Fsp3) is 0.304. The van der Waals surface area contributed by atoms with Gasteiger partial charge in [-0.05, 0) is 36.2 Å². The molecule has 2 aromatic carbocycles. The first-order valence-corrected chi connectivity index (χ1v) is 10.9. The average Bonchev–Trinajstić information content (AvgIpc) is 3.35. The van der Waals surface area contributed by atoms with Crippen molar-refractivity contribution in [1.29, 1.82) is 0 Å². The van der Waals surface area contributed by atoms with E-state index in [0.29, 0.717) is 21.8 Å². The van der Waals surface area contributed by atoms with Crippen LogP contribution in [0, 0.1) is 17.7 Å². The Morgan fingerprint density at radius 3 is 2.58 bits per heavy atom. The summed E-state index contributed by atoms with van der Waals surface area (Å²) < 4.78 is 13.3. The second-order valence-corrected chi connectivity index (χ2v) is 9.03. The smallest absolute Gasteiger partial charge is 0.291 e. The van der Waals surface area contributed by atoms with Gasteiger partial charge in [0, 0.05) is 18.0 Å². The number of hydrogen-bond acceptors (Lipinski definition) is 5. The molecule has 3 heterocycles. The van der Waals surface area contributed by atoms with Gasteiger partial charge in [0.25, 0.3) is 5.91 Å². The van der Waals surface area contributed by atoms with Crippen molar-refractivity contribution in [2.24, 2.45) is 11.8 Å². The molecule has 0 radical (unpaired) electrons. The van der Waals surface area contributed by atoms with Gasteiger partial charge in [-0.1, -0.05) is 29.8 Å². The Labute approximate surface area is 192 Å². The van der Waals surface area contributed by atoms with Crippen molar-refractivity contribution in [3.63, 3.8) is 0 Å². The zero-order valence-corrected chi connectivity index (χ0v) is 18.0. The van der Waals surface area contributed by atoms with Crippen molar-refractivity contribution >= 4 is 41.0 Å². The first-order valence-electron chi connectivity index (χ1n) is 10.5. The van der Waals surface area contributed by atoms with Crippen LogP contribution in [0.5, 0.6) is 0 Å². The highest BCUT2D eigenvalue weighted by Gasteiger charge is 2.74. The highest BCUT2D eigenvalue weighted by Crippen LogP contribution is 2.51. The summed E-state index contributed by atoms with van der Waals surface area (Å²) in [5.41, 5.74) is 0.000548. The van der Waals surface area contributed by atoms with Crippen LogP contribution in [0.3, 0.4) is 0 Å². The Kier molecular flexibility index (Phi) is 4.98. The van der Waals surface area contributed by atoms with E-state index in [0.717, 1.165) is 4.90 Å². The normalized spacial score (nSPS) is 27.8. The lowest BCUT2D eigenvalue weighted by Gasteiger charge is -2.26. The third-order valence-corrected chi connectivity index (χ3v) is 7.20. The SMILES string of the molecule is O=C([O-])CC[C@@H]1[NH2+][C@]2(C(=O)Nc3c(Cl)cccc32)[C@@H]2C(=O)N(Cc3ccc(F)cc3)C(=O)[C@H]12. The van der Waals surface area contributed by atoms with E-state index in [9.17, 15) is 28.7 Å². The van der Waals surface area contributed by atoms with Crippen LogP contribution >= 0.6 is 11.6 Å². The molecule has 0 bridgehead atoms. The number of amides is 3. The zero-order chi connectivity index (χ0) is 23.5. The number of rotatable bonds is 5. The van der Waals surface area contributed by atoms with E-state index in [2.05, 4.69) is 5.32 Å². The standard InChI is InChI=1S/C23H19ClFN3O5/c24-14-3-1-2-13-19(14)26-22(33)23(13)18-17(15(27-23)8-9-16(29)30)20(31)28(21(18)32)10-11-4-6-12(25)7-5-11/h1-7,15,17-18,27H,8-10H2,(H,26,33)(H,29,30)/t15-,17+,18-,23-/m0/s1. The van der Waals surface area contributed by atoms with Gasteiger partial charge in [0.05, 0.1) is 17.3 Å². The van der Waals surface area contributed by atoms with Gasteiger partial charge in [-0.25, -0.2) is 4.39 Å². The molecule has 8 nitrogen and oxygen atoms in total. The third kappa shape index (κ3) is 3.14. The number of carbonyl (C=O) groups excluding carboxylic acids is 4. The lowest BCUT2D eigenvalue weighted by atomic mass is 9.76. The van der Waals surface area contributed by atoms with Crippen LogP contribution in [-0.4, -0.2) is 34.6 Å². The van der Waals surface area contributed by atoms with Crippen LogP contribution in [-0.2, 0) is 31.3 Å². The van der Waals surface area contributed by atoms with Crippen LogP contribution in [0.25, 0.3) is 0 Å². The molecule has 2 fully saturated rings. The molecular weight excluding hydrogens is 453 g/mol. The molecule has 3 aliphatic rings. The Morgan fingerprint density at radius 2 is 1.88 bits per heavy atom. The van der Waals surface area contributed by atoms with Gasteiger partial charge < -0.3 is 20.5 Å². The lowest BCUT2D eigenvalue weighted by molar-refractivity contribution is -0.734. The first-order chi connectivity index (χ1) is 15.7. The van der Waals surface area contributed by atoms with E-state index in [4.69, 9.17) is 11.6 Å². The molecule has 0 aliphatic carbocycles. The molecule has 0 saturated carbocycles. The maximum atomic E-state index is 13.6. The molecule has 10 heteroatoms. The molecule has 5 rings (SSSR count). The van der Waals surface area contributed by atoms with Crippen molar-refractivity contribution in [3.8, 4) is 0 Å². The van der Waals surface area contributed by atoms with Gasteiger partial charge >= 0.3 is 0 Å². The molecule has 33 heavy (non-hydrogen) atoms. The molecule has 170 valence electrons. The molecule has 1 spiro atoms. The second-order valence-electron chi connectivity index (χ2n) is 8.62. The topological polar surface area (TPSA) is 123 Å². The van der Waals surface area contributed by atoms with Crippen molar-refractivity contribution in [2.45, 2.75) is 31.0 Å². The first kappa shape index (κ1) is 21.5. The Morgan fingerprint density at radius 1 is 1.15 bits per heavy atom. The molecule has 0 aromatic heterocycles. The number of quaternary nitrogens is 1. The monoisotopic (exact) mass is 471 g/mol. The number of hydrogen-bond donors (Lipinski definition) is 2. The molecule has 0 unspecified atom stereocenters. The van der Waals surface area contributed by atoms with E-state index in [-0.39, 0.29) is 19.4 Å². The Balaban J connectivity index is 1.58. The number of benzene rings is 2. The minimum atomic E-state index is -1.44. The highest BCUT2D eigenvalue weighted by atomic mass is 35.5. The minimum Gasteiger partial charge on any atom is -0.550 e. The summed E-state index contributed by atoms with van der Waals surface area (Å²) in [6, 6.07) is 9.78. The number of para-hydroxylation sites is 1. The predicted molar refractivity (Wildman–Crippen MR) is 111 cm³/mol. The molecule has 3 aliphatic heterocycles. The fourth-order valence-electron chi connectivity index (χ4n) is 5.49. The van der Waals surface area contributed by atoms with E-state index in [1.54, 1.807) is 23.5 Å². The maximum Gasteiger partial charge on any atom is 0.291 e. The predicted octanol–water partition coefficient (Wildman–Crippen LogP) is -0.0964. The van der Waals surface area contributed by atoms with Gasteiger partial charge in [0.2, 0.25) is 17.4 Å². The maximum absolute atomic E-state index is 13.6. The number of carboxylic acid groups (broad SMARTS) is 1. The van der Waals surface area contributed by atoms with Crippen molar-refractivity contribution in [3.05, 3.63) is 64.4 Å².